The average Bonchev–Trinajstić information content (AvgIpc) is 2.62. The molecule has 1 radical (unpaired) electrons. The van der Waals surface area contributed by atoms with Crippen LogP contribution in [0.3, 0.4) is 0 Å². The smallest absolute Gasteiger partial charge is 0.0872 e. The van der Waals surface area contributed by atoms with Gasteiger partial charge in [0.2, 0.25) is 0 Å². The summed E-state index contributed by atoms with van der Waals surface area (Å²) in [6.45, 7) is 10.3. The maximum absolute atomic E-state index is 6.39. The van der Waals surface area contributed by atoms with E-state index in [-0.39, 0.29) is 0 Å². The van der Waals surface area contributed by atoms with Crippen molar-refractivity contribution in [2.45, 2.75) is 96.5 Å². The van der Waals surface area contributed by atoms with Gasteiger partial charge in [-0.15, -0.1) is 0 Å². The van der Waals surface area contributed by atoms with Crippen LogP contribution >= 0.6 is 0 Å². The van der Waals surface area contributed by atoms with Crippen LogP contribution in [-0.2, 0) is 4.74 Å². The predicted molar refractivity (Wildman–Crippen MR) is 92.7 cm³/mol. The van der Waals surface area contributed by atoms with Crippen molar-refractivity contribution in [3.8, 4) is 0 Å². The highest BCUT2D eigenvalue weighted by Crippen LogP contribution is 2.35. The Bertz CT molecular complexity index is 219. The van der Waals surface area contributed by atoms with Gasteiger partial charge in [0.05, 0.1) is 13.8 Å². The Morgan fingerprint density at radius 3 is 2.15 bits per heavy atom. The molecule has 0 heterocycles. The maximum atomic E-state index is 6.39. The molecule has 0 N–H and O–H groups in total. The van der Waals surface area contributed by atoms with E-state index in [0.717, 1.165) is 12.5 Å². The van der Waals surface area contributed by atoms with Gasteiger partial charge >= 0.3 is 0 Å². The van der Waals surface area contributed by atoms with Gasteiger partial charge in [-0.3, -0.25) is 0 Å². The van der Waals surface area contributed by atoms with Crippen LogP contribution in [0.1, 0.15) is 72.6 Å². The Balaban J connectivity index is 2.84. The Hall–Kier alpha value is 0.177. The van der Waals surface area contributed by atoms with Crippen LogP contribution in [-0.4, -0.2) is 20.4 Å². The molecule has 0 spiro atoms. The molecule has 1 aliphatic rings. The van der Waals surface area contributed by atoms with E-state index in [1.807, 2.05) is 0 Å². The van der Waals surface area contributed by atoms with Gasteiger partial charge in [0.25, 0.3) is 0 Å². The number of hydrogen-bond acceptors (Lipinski definition) is 1. The number of hydrogen-bond donors (Lipinski definition) is 0. The first kappa shape index (κ1) is 18.2. The molecule has 1 nitrogen and oxygen atoms in total. The summed E-state index contributed by atoms with van der Waals surface area (Å²) < 4.78 is 6.39. The topological polar surface area (TPSA) is 9.23 Å². The van der Waals surface area contributed by atoms with Crippen LogP contribution in [0, 0.1) is 12.3 Å². The maximum Gasteiger partial charge on any atom is 0.0872 e. The third kappa shape index (κ3) is 4.87. The van der Waals surface area contributed by atoms with Crippen molar-refractivity contribution in [3.63, 3.8) is 0 Å². The monoisotopic (exact) mass is 297 g/mol. The number of rotatable bonds is 7. The molecule has 0 aliphatic heterocycles. The minimum Gasteiger partial charge on any atom is -0.382 e. The zero-order valence-corrected chi connectivity index (χ0v) is 15.4. The normalized spacial score (nSPS) is 21.0. The van der Waals surface area contributed by atoms with Crippen LogP contribution in [0.15, 0.2) is 0 Å². The lowest BCUT2D eigenvalue weighted by Crippen LogP contribution is -2.51. The molecule has 1 aliphatic carbocycles. The molecule has 0 aromatic carbocycles. The van der Waals surface area contributed by atoms with Gasteiger partial charge in [-0.25, -0.2) is 0 Å². The van der Waals surface area contributed by atoms with Crippen molar-refractivity contribution in [1.29, 1.82) is 0 Å². The van der Waals surface area contributed by atoms with Crippen LogP contribution < -0.4 is 0 Å². The van der Waals surface area contributed by atoms with E-state index in [9.17, 15) is 0 Å². The van der Waals surface area contributed by atoms with Crippen LogP contribution in [0.25, 0.3) is 0 Å². The van der Waals surface area contributed by atoms with E-state index in [2.05, 4.69) is 34.1 Å². The van der Waals surface area contributed by atoms with Crippen molar-refractivity contribution in [1.82, 2.24) is 0 Å². The summed E-state index contributed by atoms with van der Waals surface area (Å²) in [7, 11) is -1.26. The largest absolute Gasteiger partial charge is 0.382 e. The van der Waals surface area contributed by atoms with Crippen molar-refractivity contribution < 1.29 is 4.74 Å². The third-order valence-corrected chi connectivity index (χ3v) is 11.7. The Morgan fingerprint density at radius 1 is 0.950 bits per heavy atom. The molecule has 0 aromatic heterocycles. The Kier molecular flexibility index (Phi) is 9.11. The van der Waals surface area contributed by atoms with Gasteiger partial charge in [0.15, 0.2) is 0 Å². The van der Waals surface area contributed by atoms with E-state index >= 15 is 0 Å². The van der Waals surface area contributed by atoms with Gasteiger partial charge < -0.3 is 4.74 Å². The van der Waals surface area contributed by atoms with Crippen molar-refractivity contribution in [2.24, 2.45) is 5.92 Å². The molecular weight excluding hydrogens is 260 g/mol. The zero-order valence-electron chi connectivity index (χ0n) is 14.4. The van der Waals surface area contributed by atoms with Gasteiger partial charge in [-0.05, 0) is 32.1 Å². The third-order valence-electron chi connectivity index (χ3n) is 5.66. The predicted octanol–water partition coefficient (Wildman–Crippen LogP) is 6.00. The van der Waals surface area contributed by atoms with E-state index in [0.29, 0.717) is 5.73 Å². The highest BCUT2D eigenvalue weighted by Gasteiger charge is 2.41. The van der Waals surface area contributed by atoms with Gasteiger partial charge in [-0.2, -0.15) is 0 Å². The molecule has 1 fully saturated rings. The summed E-state index contributed by atoms with van der Waals surface area (Å²) in [4.78, 5) is 0. The first-order chi connectivity index (χ1) is 9.74. The summed E-state index contributed by atoms with van der Waals surface area (Å²) in [5.74, 6) is 0.736. The average molecular weight is 298 g/mol. The summed E-state index contributed by atoms with van der Waals surface area (Å²) in [5, 5.41) is 0. The standard InChI is InChI=1S/C18H37OSi/c1-5-19-18(20(6-2,7-3)8-4)17-15-13-11-9-10-12-14-16-17/h15,17-18H,5-14,16H2,1-4H3. The molecule has 2 atom stereocenters. The lowest BCUT2D eigenvalue weighted by molar-refractivity contribution is 0.0725. The zero-order chi connectivity index (χ0) is 14.8. The molecule has 0 bridgehead atoms. The fourth-order valence-corrected chi connectivity index (χ4v) is 8.51. The van der Waals surface area contributed by atoms with Gasteiger partial charge in [0.1, 0.15) is 0 Å². The summed E-state index contributed by atoms with van der Waals surface area (Å²) in [6.07, 6.45) is 12.4. The highest BCUT2D eigenvalue weighted by molar-refractivity contribution is 6.81. The molecule has 2 unspecified atom stereocenters. The molecule has 0 aromatic rings. The minimum atomic E-state index is -1.26. The minimum absolute atomic E-state index is 0.575. The SMILES string of the molecule is CCOC(C1[CH]CCCCCCC1)[Si](CC)(CC)CC. The van der Waals surface area contributed by atoms with Gasteiger partial charge in [0, 0.05) is 6.61 Å². The molecular formula is C18H37OSi. The lowest BCUT2D eigenvalue weighted by Gasteiger charge is -2.41. The van der Waals surface area contributed by atoms with E-state index in [1.54, 1.807) is 0 Å². The summed E-state index contributed by atoms with van der Waals surface area (Å²) >= 11 is 0. The second-order valence-electron chi connectivity index (χ2n) is 6.54. The molecule has 1 rings (SSSR count). The molecule has 1 saturated carbocycles. The second kappa shape index (κ2) is 10.00. The van der Waals surface area contributed by atoms with Crippen LogP contribution in [0.2, 0.25) is 18.1 Å². The first-order valence-electron chi connectivity index (χ1n) is 9.19. The van der Waals surface area contributed by atoms with Crippen molar-refractivity contribution in [3.05, 3.63) is 6.42 Å². The Morgan fingerprint density at radius 2 is 1.55 bits per heavy atom. The fourth-order valence-electron chi connectivity index (χ4n) is 4.07. The van der Waals surface area contributed by atoms with Crippen LogP contribution in [0.4, 0.5) is 0 Å². The molecule has 20 heavy (non-hydrogen) atoms. The van der Waals surface area contributed by atoms with E-state index in [1.165, 1.54) is 63.1 Å². The number of ether oxygens (including phenoxy) is 1. The second-order valence-corrected chi connectivity index (χ2v) is 12.0. The quantitative estimate of drug-likeness (QED) is 0.523. The Labute approximate surface area is 128 Å². The van der Waals surface area contributed by atoms with E-state index in [4.69, 9.17) is 4.74 Å². The van der Waals surface area contributed by atoms with E-state index < -0.39 is 8.07 Å². The highest BCUT2D eigenvalue weighted by atomic mass is 28.3. The lowest BCUT2D eigenvalue weighted by atomic mass is 9.97. The van der Waals surface area contributed by atoms with Crippen LogP contribution in [0.5, 0.6) is 0 Å². The van der Waals surface area contributed by atoms with Crippen molar-refractivity contribution in [2.75, 3.05) is 6.61 Å². The summed E-state index contributed by atoms with van der Waals surface area (Å²) in [5.41, 5.74) is 0.575. The first-order valence-corrected chi connectivity index (χ1v) is 11.9. The molecule has 2 heteroatoms. The van der Waals surface area contributed by atoms with Crippen molar-refractivity contribution >= 4 is 8.07 Å². The summed E-state index contributed by atoms with van der Waals surface area (Å²) in [6, 6.07) is 4.15. The molecule has 0 saturated heterocycles. The van der Waals surface area contributed by atoms with Gasteiger partial charge in [-0.1, -0.05) is 71.0 Å². The fraction of sp³-hybridized carbons (Fsp3) is 0.944. The molecule has 0 amide bonds. The molecule has 119 valence electrons.